The largest absolute Gasteiger partial charge is 0.414 e. The van der Waals surface area contributed by atoms with E-state index in [-0.39, 0.29) is 10.2 Å². The molecule has 2 atom stereocenters. The molecule has 3 rings (SSSR count). The summed E-state index contributed by atoms with van der Waals surface area (Å²) in [5, 5.41) is 0.311. The van der Waals surface area contributed by atoms with Crippen LogP contribution in [0.5, 0.6) is 0 Å². The van der Waals surface area contributed by atoms with Crippen LogP contribution in [0.15, 0.2) is 24.6 Å². The molecule has 0 unspecified atom stereocenters. The molecule has 0 radical (unpaired) electrons. The second-order valence-electron chi connectivity index (χ2n) is 7.64. The number of ether oxygens (including phenoxy) is 1. The molecule has 0 aliphatic carbocycles. The minimum atomic E-state index is -1.92. The molecular weight excluding hydrogens is 363 g/mol. The minimum absolute atomic E-state index is 0.0848. The molecule has 25 heavy (non-hydrogen) atoms. The number of aromatic nitrogens is 4. The fourth-order valence-corrected chi connectivity index (χ4v) is 3.51. The summed E-state index contributed by atoms with van der Waals surface area (Å²) < 4.78 is 27.9. The molecule has 0 bridgehead atoms. The van der Waals surface area contributed by atoms with Gasteiger partial charge in [-0.3, -0.25) is 4.57 Å². The summed E-state index contributed by atoms with van der Waals surface area (Å²) in [4.78, 5) is 12.2. The lowest BCUT2D eigenvalue weighted by Crippen LogP contribution is -2.42. The van der Waals surface area contributed by atoms with Crippen molar-refractivity contribution in [3.8, 4) is 0 Å². The molecule has 1 aliphatic rings. The van der Waals surface area contributed by atoms with Crippen molar-refractivity contribution in [2.45, 2.75) is 51.2 Å². The van der Waals surface area contributed by atoms with Crippen LogP contribution in [-0.4, -0.2) is 40.5 Å². The van der Waals surface area contributed by atoms with E-state index in [0.29, 0.717) is 17.8 Å². The Kier molecular flexibility index (Phi) is 4.74. The summed E-state index contributed by atoms with van der Waals surface area (Å²) in [5.41, 5.74) is 0.848. The molecule has 2 aromatic rings. The van der Waals surface area contributed by atoms with Crippen LogP contribution in [0.25, 0.3) is 11.2 Å². The first-order valence-corrected chi connectivity index (χ1v) is 11.4. The first kappa shape index (κ1) is 18.4. The minimum Gasteiger partial charge on any atom is -0.414 e. The molecule has 9 heteroatoms. The van der Waals surface area contributed by atoms with Crippen molar-refractivity contribution < 1.29 is 13.6 Å². The van der Waals surface area contributed by atoms with Crippen molar-refractivity contribution in [3.63, 3.8) is 0 Å². The molecular formula is C16H22ClFN4O2Si. The molecule has 0 amide bonds. The van der Waals surface area contributed by atoms with E-state index in [4.69, 9.17) is 20.8 Å². The Morgan fingerprint density at radius 1 is 1.32 bits per heavy atom. The quantitative estimate of drug-likeness (QED) is 0.582. The van der Waals surface area contributed by atoms with E-state index < -0.39 is 26.5 Å². The maximum atomic E-state index is 14.5. The van der Waals surface area contributed by atoms with Crippen LogP contribution < -0.4 is 0 Å². The van der Waals surface area contributed by atoms with Crippen LogP contribution in [-0.2, 0) is 9.16 Å². The Morgan fingerprint density at radius 2 is 2.04 bits per heavy atom. The van der Waals surface area contributed by atoms with Crippen LogP contribution in [0.2, 0.25) is 23.3 Å². The predicted molar refractivity (Wildman–Crippen MR) is 96.6 cm³/mol. The third-order valence-electron chi connectivity index (χ3n) is 4.87. The topological polar surface area (TPSA) is 62.1 Å². The van der Waals surface area contributed by atoms with Gasteiger partial charge in [0.25, 0.3) is 0 Å². The van der Waals surface area contributed by atoms with Crippen molar-refractivity contribution in [1.82, 2.24) is 19.5 Å². The summed E-state index contributed by atoms with van der Waals surface area (Å²) in [6, 6.07) is 0. The van der Waals surface area contributed by atoms with Gasteiger partial charge in [0.15, 0.2) is 25.3 Å². The maximum Gasteiger partial charge on any atom is 0.192 e. The van der Waals surface area contributed by atoms with Crippen molar-refractivity contribution in [2.75, 3.05) is 6.61 Å². The van der Waals surface area contributed by atoms with Crippen LogP contribution in [0, 0.1) is 0 Å². The van der Waals surface area contributed by atoms with Gasteiger partial charge >= 0.3 is 0 Å². The van der Waals surface area contributed by atoms with Gasteiger partial charge in [-0.15, -0.1) is 0 Å². The van der Waals surface area contributed by atoms with E-state index in [2.05, 4.69) is 48.8 Å². The highest BCUT2D eigenvalue weighted by molar-refractivity contribution is 6.74. The number of imidazole rings is 1. The molecule has 3 heterocycles. The number of hydrogen-bond acceptors (Lipinski definition) is 5. The molecule has 0 aromatic carbocycles. The maximum absolute atomic E-state index is 14.5. The van der Waals surface area contributed by atoms with Gasteiger partial charge in [0.1, 0.15) is 23.8 Å². The van der Waals surface area contributed by atoms with Gasteiger partial charge in [0.05, 0.1) is 12.9 Å². The predicted octanol–water partition coefficient (Wildman–Crippen LogP) is 4.25. The Hall–Kier alpha value is -1.35. The standard InChI is InChI=1S/C16H22ClFN4O2Si/c1-16(2,3)25(4,5)23-7-10-6-11(18)15(24-10)22-9-21-12-13(17)19-8-20-14(12)22/h6,8-10,15H,7H2,1-5H3/t10-,15+/m1/s1. The zero-order chi connectivity index (χ0) is 18.4. The van der Waals surface area contributed by atoms with Gasteiger partial charge in [0, 0.05) is 0 Å². The fourth-order valence-electron chi connectivity index (χ4n) is 2.32. The monoisotopic (exact) mass is 384 g/mol. The molecule has 1 aliphatic heterocycles. The number of halogens is 2. The normalized spacial score (nSPS) is 21.8. The molecule has 0 saturated carbocycles. The van der Waals surface area contributed by atoms with Crippen molar-refractivity contribution in [3.05, 3.63) is 29.7 Å². The van der Waals surface area contributed by atoms with Gasteiger partial charge in [-0.25, -0.2) is 19.3 Å². The zero-order valence-electron chi connectivity index (χ0n) is 15.0. The highest BCUT2D eigenvalue weighted by Crippen LogP contribution is 2.38. The van der Waals surface area contributed by atoms with Crippen LogP contribution >= 0.6 is 11.6 Å². The number of hydrogen-bond donors (Lipinski definition) is 0. The van der Waals surface area contributed by atoms with Crippen molar-refractivity contribution >= 4 is 31.1 Å². The number of fused-ring (bicyclic) bond motifs is 1. The molecule has 0 saturated heterocycles. The lowest BCUT2D eigenvalue weighted by molar-refractivity contribution is -0.0150. The summed E-state index contributed by atoms with van der Waals surface area (Å²) >= 11 is 5.99. The Labute approximate surface area is 152 Å². The van der Waals surface area contributed by atoms with Crippen molar-refractivity contribution in [2.24, 2.45) is 0 Å². The Balaban J connectivity index is 1.75. The number of nitrogens with zero attached hydrogens (tertiary/aromatic N) is 4. The lowest BCUT2D eigenvalue weighted by Gasteiger charge is -2.36. The average Bonchev–Trinajstić information content (AvgIpc) is 3.08. The summed E-state index contributed by atoms with van der Waals surface area (Å²) in [6.07, 6.45) is 2.86. The van der Waals surface area contributed by atoms with Crippen LogP contribution in [0.3, 0.4) is 0 Å². The first-order valence-electron chi connectivity index (χ1n) is 8.10. The second-order valence-corrected chi connectivity index (χ2v) is 12.8. The molecule has 0 N–H and O–H groups in total. The summed E-state index contributed by atoms with van der Waals surface area (Å²) in [6.45, 7) is 11.1. The fraction of sp³-hybridized carbons (Fsp3) is 0.562. The zero-order valence-corrected chi connectivity index (χ0v) is 16.7. The van der Waals surface area contributed by atoms with Gasteiger partial charge in [-0.2, -0.15) is 0 Å². The lowest BCUT2D eigenvalue weighted by atomic mass is 10.2. The number of rotatable bonds is 4. The van der Waals surface area contributed by atoms with E-state index >= 15 is 0 Å². The van der Waals surface area contributed by atoms with E-state index in [1.165, 1.54) is 23.3 Å². The summed E-state index contributed by atoms with van der Waals surface area (Å²) in [7, 11) is -1.92. The van der Waals surface area contributed by atoms with E-state index in [0.717, 1.165) is 0 Å². The first-order chi connectivity index (χ1) is 11.6. The highest BCUT2D eigenvalue weighted by Gasteiger charge is 2.39. The van der Waals surface area contributed by atoms with Crippen LogP contribution in [0.1, 0.15) is 27.0 Å². The molecule has 2 aromatic heterocycles. The smallest absolute Gasteiger partial charge is 0.192 e. The van der Waals surface area contributed by atoms with E-state index in [1.54, 1.807) is 0 Å². The molecule has 0 fully saturated rings. The Morgan fingerprint density at radius 3 is 2.72 bits per heavy atom. The van der Waals surface area contributed by atoms with E-state index in [9.17, 15) is 4.39 Å². The molecule has 136 valence electrons. The molecule has 0 spiro atoms. The van der Waals surface area contributed by atoms with Crippen molar-refractivity contribution in [1.29, 1.82) is 0 Å². The van der Waals surface area contributed by atoms with Crippen LogP contribution in [0.4, 0.5) is 4.39 Å². The molecule has 6 nitrogen and oxygen atoms in total. The summed E-state index contributed by atoms with van der Waals surface area (Å²) in [5.74, 6) is -0.391. The third-order valence-corrected chi connectivity index (χ3v) is 9.64. The third kappa shape index (κ3) is 3.48. The van der Waals surface area contributed by atoms with Gasteiger partial charge in [-0.1, -0.05) is 32.4 Å². The Bertz CT molecular complexity index is 818. The SMILES string of the molecule is CC(C)(C)[Si](C)(C)OC[C@H]1C=C(F)[C@@H](n2cnc3c(Cl)ncnc32)O1. The second kappa shape index (κ2) is 6.42. The highest BCUT2D eigenvalue weighted by atomic mass is 35.5. The van der Waals surface area contributed by atoms with E-state index in [1.807, 2.05) is 0 Å². The van der Waals surface area contributed by atoms with Gasteiger partial charge in [0.2, 0.25) is 0 Å². The average molecular weight is 385 g/mol. The van der Waals surface area contributed by atoms with Gasteiger partial charge in [-0.05, 0) is 24.2 Å². The van der Waals surface area contributed by atoms with Gasteiger partial charge < -0.3 is 9.16 Å².